The van der Waals surface area contributed by atoms with Crippen LogP contribution in [0.1, 0.15) is 17.2 Å². The third kappa shape index (κ3) is 1.42. The minimum absolute atomic E-state index is 0.536. The molecule has 2 heteroatoms. The van der Waals surface area contributed by atoms with E-state index in [9.17, 15) is 5.11 Å². The van der Waals surface area contributed by atoms with Gasteiger partial charge in [-0.3, -0.25) is 0 Å². The first-order valence-electron chi connectivity index (χ1n) is 4.87. The number of likely N-dealkylation sites (N-methyl/N-ethyl adjacent to an activating group) is 1. The molecular formula is C12H15NO. The molecule has 1 heterocycles. The molecule has 0 saturated heterocycles. The summed E-state index contributed by atoms with van der Waals surface area (Å²) in [4.78, 5) is 2.24. The highest BCUT2D eigenvalue weighted by Gasteiger charge is 2.16. The molecule has 1 aliphatic heterocycles. The molecule has 14 heavy (non-hydrogen) atoms. The Morgan fingerprint density at radius 2 is 2.36 bits per heavy atom. The minimum Gasteiger partial charge on any atom is -0.384 e. The zero-order chi connectivity index (χ0) is 10.1. The van der Waals surface area contributed by atoms with Crippen LogP contribution in [0.25, 0.3) is 0 Å². The van der Waals surface area contributed by atoms with Crippen LogP contribution in [0.3, 0.4) is 0 Å². The molecule has 1 aliphatic rings. The smallest absolute Gasteiger partial charge is 0.0969 e. The molecular weight excluding hydrogens is 174 g/mol. The molecule has 2 nitrogen and oxygen atoms in total. The van der Waals surface area contributed by atoms with Crippen LogP contribution in [0, 0.1) is 0 Å². The van der Waals surface area contributed by atoms with Gasteiger partial charge in [0.1, 0.15) is 0 Å². The standard InChI is InChI=1S/C12H15NO/c1-3-12(14)10-4-5-11-9(8-10)6-7-13(11)2/h3-5,8,12,14H,1,6-7H2,2H3. The topological polar surface area (TPSA) is 23.5 Å². The average Bonchev–Trinajstić information content (AvgIpc) is 2.59. The first-order chi connectivity index (χ1) is 6.72. The van der Waals surface area contributed by atoms with Gasteiger partial charge in [-0.2, -0.15) is 0 Å². The largest absolute Gasteiger partial charge is 0.384 e. The van der Waals surface area contributed by atoms with Gasteiger partial charge in [0.2, 0.25) is 0 Å². The van der Waals surface area contributed by atoms with Gasteiger partial charge < -0.3 is 10.0 Å². The number of benzene rings is 1. The van der Waals surface area contributed by atoms with Gasteiger partial charge in [0.05, 0.1) is 6.10 Å². The first-order valence-corrected chi connectivity index (χ1v) is 4.87. The van der Waals surface area contributed by atoms with Crippen molar-refractivity contribution in [3.05, 3.63) is 42.0 Å². The van der Waals surface area contributed by atoms with E-state index in [4.69, 9.17) is 0 Å². The Labute approximate surface area is 84.5 Å². The van der Waals surface area contributed by atoms with Crippen LogP contribution in [0.5, 0.6) is 0 Å². The van der Waals surface area contributed by atoms with E-state index >= 15 is 0 Å². The number of fused-ring (bicyclic) bond motifs is 1. The van der Waals surface area contributed by atoms with E-state index in [0.717, 1.165) is 18.5 Å². The summed E-state index contributed by atoms with van der Waals surface area (Å²) in [7, 11) is 2.09. The molecule has 0 fully saturated rings. The van der Waals surface area contributed by atoms with E-state index in [1.165, 1.54) is 11.3 Å². The number of anilines is 1. The van der Waals surface area contributed by atoms with E-state index in [1.54, 1.807) is 6.08 Å². The van der Waals surface area contributed by atoms with Crippen LogP contribution < -0.4 is 4.90 Å². The fourth-order valence-electron chi connectivity index (χ4n) is 1.91. The van der Waals surface area contributed by atoms with Gasteiger partial charge >= 0.3 is 0 Å². The fourth-order valence-corrected chi connectivity index (χ4v) is 1.91. The molecule has 0 radical (unpaired) electrons. The predicted molar refractivity (Wildman–Crippen MR) is 58.6 cm³/mol. The maximum absolute atomic E-state index is 9.59. The van der Waals surface area contributed by atoms with Crippen LogP contribution in [0.4, 0.5) is 5.69 Å². The van der Waals surface area contributed by atoms with Crippen molar-refractivity contribution in [3.8, 4) is 0 Å². The van der Waals surface area contributed by atoms with Crippen molar-refractivity contribution in [2.75, 3.05) is 18.5 Å². The van der Waals surface area contributed by atoms with Gasteiger partial charge in [0.15, 0.2) is 0 Å². The number of hydrogen-bond donors (Lipinski definition) is 1. The number of hydrogen-bond acceptors (Lipinski definition) is 2. The van der Waals surface area contributed by atoms with E-state index in [2.05, 4.69) is 30.7 Å². The van der Waals surface area contributed by atoms with Gasteiger partial charge in [-0.15, -0.1) is 6.58 Å². The Morgan fingerprint density at radius 1 is 1.57 bits per heavy atom. The summed E-state index contributed by atoms with van der Waals surface area (Å²) in [6.45, 7) is 4.66. The predicted octanol–water partition coefficient (Wildman–Crippen LogP) is 1.90. The van der Waals surface area contributed by atoms with Crippen LogP contribution in [0.15, 0.2) is 30.9 Å². The van der Waals surface area contributed by atoms with Gasteiger partial charge in [0, 0.05) is 19.3 Å². The summed E-state index contributed by atoms with van der Waals surface area (Å²) < 4.78 is 0. The van der Waals surface area contributed by atoms with Crippen LogP contribution in [-0.4, -0.2) is 18.7 Å². The fraction of sp³-hybridized carbons (Fsp3) is 0.333. The second-order valence-corrected chi connectivity index (χ2v) is 3.74. The van der Waals surface area contributed by atoms with E-state index < -0.39 is 6.10 Å². The second kappa shape index (κ2) is 3.46. The molecule has 0 aromatic heterocycles. The Kier molecular flexibility index (Phi) is 2.30. The summed E-state index contributed by atoms with van der Waals surface area (Å²) in [5.41, 5.74) is 3.55. The van der Waals surface area contributed by atoms with Crippen molar-refractivity contribution < 1.29 is 5.11 Å². The molecule has 0 amide bonds. The summed E-state index contributed by atoms with van der Waals surface area (Å²) in [6.07, 6.45) is 2.09. The minimum atomic E-state index is -0.536. The lowest BCUT2D eigenvalue weighted by atomic mass is 10.0. The SMILES string of the molecule is C=CC(O)c1ccc2c(c1)CCN2C. The van der Waals surface area contributed by atoms with Gasteiger partial charge in [-0.25, -0.2) is 0 Å². The summed E-state index contributed by atoms with van der Waals surface area (Å²) >= 11 is 0. The summed E-state index contributed by atoms with van der Waals surface area (Å²) in [6, 6.07) is 6.11. The van der Waals surface area contributed by atoms with Crippen LogP contribution >= 0.6 is 0 Å². The monoisotopic (exact) mass is 189 g/mol. The van der Waals surface area contributed by atoms with Gasteiger partial charge in [-0.05, 0) is 23.6 Å². The second-order valence-electron chi connectivity index (χ2n) is 3.74. The maximum Gasteiger partial charge on any atom is 0.0969 e. The molecule has 1 aromatic rings. The first kappa shape index (κ1) is 9.28. The van der Waals surface area contributed by atoms with Crippen molar-refractivity contribution in [2.45, 2.75) is 12.5 Å². The Balaban J connectivity index is 2.37. The van der Waals surface area contributed by atoms with E-state index in [-0.39, 0.29) is 0 Å². The highest BCUT2D eigenvalue weighted by atomic mass is 16.3. The lowest BCUT2D eigenvalue weighted by molar-refractivity contribution is 0.229. The Hall–Kier alpha value is -1.28. The summed E-state index contributed by atoms with van der Waals surface area (Å²) in [5, 5.41) is 9.59. The van der Waals surface area contributed by atoms with Gasteiger partial charge in [0.25, 0.3) is 0 Å². The molecule has 1 aromatic carbocycles. The molecule has 74 valence electrons. The number of rotatable bonds is 2. The molecule has 0 bridgehead atoms. The van der Waals surface area contributed by atoms with Crippen LogP contribution in [-0.2, 0) is 6.42 Å². The van der Waals surface area contributed by atoms with Crippen molar-refractivity contribution in [1.29, 1.82) is 0 Å². The molecule has 2 rings (SSSR count). The van der Waals surface area contributed by atoms with E-state index in [0.29, 0.717) is 0 Å². The molecule has 1 unspecified atom stereocenters. The molecule has 0 aliphatic carbocycles. The maximum atomic E-state index is 9.59. The van der Waals surface area contributed by atoms with Crippen molar-refractivity contribution in [1.82, 2.24) is 0 Å². The lowest BCUT2D eigenvalue weighted by Gasteiger charge is -2.13. The molecule has 1 atom stereocenters. The normalized spacial score (nSPS) is 16.6. The highest BCUT2D eigenvalue weighted by molar-refractivity contribution is 5.58. The average molecular weight is 189 g/mol. The zero-order valence-electron chi connectivity index (χ0n) is 8.40. The third-order valence-electron chi connectivity index (χ3n) is 2.80. The quantitative estimate of drug-likeness (QED) is 0.718. The summed E-state index contributed by atoms with van der Waals surface area (Å²) in [5.74, 6) is 0. The number of aliphatic hydroxyl groups excluding tert-OH is 1. The Bertz CT molecular complexity index is 359. The Morgan fingerprint density at radius 3 is 3.07 bits per heavy atom. The van der Waals surface area contributed by atoms with Crippen molar-refractivity contribution in [3.63, 3.8) is 0 Å². The van der Waals surface area contributed by atoms with E-state index in [1.807, 2.05) is 6.07 Å². The molecule has 0 saturated carbocycles. The van der Waals surface area contributed by atoms with Crippen molar-refractivity contribution >= 4 is 5.69 Å². The molecule has 0 spiro atoms. The van der Waals surface area contributed by atoms with Crippen LogP contribution in [0.2, 0.25) is 0 Å². The zero-order valence-corrected chi connectivity index (χ0v) is 8.40. The molecule has 1 N–H and O–H groups in total. The third-order valence-corrected chi connectivity index (χ3v) is 2.80. The van der Waals surface area contributed by atoms with Gasteiger partial charge in [-0.1, -0.05) is 18.2 Å². The van der Waals surface area contributed by atoms with Crippen molar-refractivity contribution in [2.24, 2.45) is 0 Å². The highest BCUT2D eigenvalue weighted by Crippen LogP contribution is 2.29. The lowest BCUT2D eigenvalue weighted by Crippen LogP contribution is -2.12. The number of nitrogens with zero attached hydrogens (tertiary/aromatic N) is 1. The number of aliphatic hydroxyl groups is 1.